The van der Waals surface area contributed by atoms with Gasteiger partial charge in [-0.05, 0) is 18.9 Å². The van der Waals surface area contributed by atoms with E-state index in [1.165, 1.54) is 107 Å². The van der Waals surface area contributed by atoms with Crippen LogP contribution in [0.4, 0.5) is 0 Å². The van der Waals surface area contributed by atoms with Gasteiger partial charge in [-0.1, -0.05) is 146 Å². The van der Waals surface area contributed by atoms with Gasteiger partial charge < -0.3 is 9.47 Å². The Morgan fingerprint density at radius 3 is 1.76 bits per heavy atom. The van der Waals surface area contributed by atoms with Gasteiger partial charge in [-0.3, -0.25) is 0 Å². The molecule has 1 aliphatic rings. The highest BCUT2D eigenvalue weighted by Gasteiger charge is 2.39. The number of rotatable bonds is 18. The summed E-state index contributed by atoms with van der Waals surface area (Å²) in [6, 6.07) is 11.0. The van der Waals surface area contributed by atoms with Gasteiger partial charge in [-0.25, -0.2) is 0 Å². The first kappa shape index (κ1) is 28.2. The van der Waals surface area contributed by atoms with E-state index in [4.69, 9.17) is 9.47 Å². The first-order valence-electron chi connectivity index (χ1n) is 14.2. The molecule has 0 amide bonds. The summed E-state index contributed by atoms with van der Waals surface area (Å²) in [5, 5.41) is 0. The normalized spacial score (nSPS) is 16.1. The van der Waals surface area contributed by atoms with Crippen molar-refractivity contribution in [2.24, 2.45) is 0 Å². The maximum Gasteiger partial charge on any atom is 0.191 e. The first-order chi connectivity index (χ1) is 16.2. The largest absolute Gasteiger partial charge is 0.344 e. The molecule has 0 spiro atoms. The SMILES string of the molecule is CCCCCCB(CCCCCC)/C(CCCCCC)=C(\c1ccccc1)C1(C)OCCO1. The number of hydrogen-bond acceptors (Lipinski definition) is 2. The Hall–Kier alpha value is -1.06. The van der Waals surface area contributed by atoms with Gasteiger partial charge in [-0.2, -0.15) is 0 Å². The van der Waals surface area contributed by atoms with Crippen molar-refractivity contribution in [2.75, 3.05) is 13.2 Å². The predicted octanol–water partition coefficient (Wildman–Crippen LogP) is 9.37. The lowest BCUT2D eigenvalue weighted by Crippen LogP contribution is -2.32. The fourth-order valence-electron chi connectivity index (χ4n) is 5.41. The molecular formula is C30H51BO2. The second kappa shape index (κ2) is 16.6. The lowest BCUT2D eigenvalue weighted by molar-refractivity contribution is -0.0906. The van der Waals surface area contributed by atoms with E-state index in [-0.39, 0.29) is 0 Å². The zero-order chi connectivity index (χ0) is 23.8. The summed E-state index contributed by atoms with van der Waals surface area (Å²) in [4.78, 5) is 0. The second-order valence-electron chi connectivity index (χ2n) is 10.1. The van der Waals surface area contributed by atoms with Gasteiger partial charge >= 0.3 is 0 Å². The molecule has 0 aromatic heterocycles. The average Bonchev–Trinajstić information content (AvgIpc) is 3.27. The molecule has 0 aliphatic carbocycles. The van der Waals surface area contributed by atoms with E-state index in [0.29, 0.717) is 19.9 Å². The van der Waals surface area contributed by atoms with Gasteiger partial charge in [-0.15, -0.1) is 0 Å². The van der Waals surface area contributed by atoms with Gasteiger partial charge in [0.05, 0.1) is 13.2 Å². The van der Waals surface area contributed by atoms with Crippen LogP contribution in [0.15, 0.2) is 35.8 Å². The van der Waals surface area contributed by atoms with Crippen LogP contribution >= 0.6 is 0 Å². The van der Waals surface area contributed by atoms with Crippen molar-refractivity contribution in [3.8, 4) is 0 Å². The van der Waals surface area contributed by atoms with Crippen LogP contribution in [0.25, 0.3) is 5.57 Å². The van der Waals surface area contributed by atoms with E-state index in [9.17, 15) is 0 Å². The van der Waals surface area contributed by atoms with Gasteiger partial charge in [0.15, 0.2) is 12.5 Å². The number of ether oxygens (including phenoxy) is 2. The summed E-state index contributed by atoms with van der Waals surface area (Å²) in [6.07, 6.45) is 19.7. The van der Waals surface area contributed by atoms with Crippen molar-refractivity contribution in [1.29, 1.82) is 0 Å². The minimum Gasteiger partial charge on any atom is -0.344 e. The molecule has 0 unspecified atom stereocenters. The van der Waals surface area contributed by atoms with Crippen molar-refractivity contribution < 1.29 is 9.47 Å². The van der Waals surface area contributed by atoms with E-state index in [1.54, 1.807) is 5.47 Å². The molecule has 0 bridgehead atoms. The van der Waals surface area contributed by atoms with Crippen LogP contribution in [0.1, 0.15) is 117 Å². The summed E-state index contributed by atoms with van der Waals surface area (Å²) in [5.41, 5.74) is 4.27. The van der Waals surface area contributed by atoms with Gasteiger partial charge in [0.1, 0.15) is 0 Å². The zero-order valence-corrected chi connectivity index (χ0v) is 22.3. The third-order valence-electron chi connectivity index (χ3n) is 7.28. The molecular weight excluding hydrogens is 403 g/mol. The molecule has 0 radical (unpaired) electrons. The van der Waals surface area contributed by atoms with Crippen LogP contribution in [0.3, 0.4) is 0 Å². The van der Waals surface area contributed by atoms with Crippen molar-refractivity contribution in [3.63, 3.8) is 0 Å². The van der Waals surface area contributed by atoms with E-state index >= 15 is 0 Å². The van der Waals surface area contributed by atoms with Crippen LogP contribution in [0, 0.1) is 0 Å². The summed E-state index contributed by atoms with van der Waals surface area (Å²) in [6.45, 7) is 11.1. The number of allylic oxidation sites excluding steroid dienone is 1. The maximum absolute atomic E-state index is 6.32. The number of benzene rings is 1. The molecule has 1 heterocycles. The Kier molecular flexibility index (Phi) is 14.1. The Bertz CT molecular complexity index is 637. The molecule has 0 saturated carbocycles. The van der Waals surface area contributed by atoms with Crippen molar-refractivity contribution >= 4 is 12.3 Å². The Labute approximate surface area is 206 Å². The van der Waals surface area contributed by atoms with Crippen LogP contribution in [-0.2, 0) is 9.47 Å². The van der Waals surface area contributed by atoms with Crippen molar-refractivity contribution in [2.45, 2.75) is 130 Å². The van der Waals surface area contributed by atoms with E-state index in [2.05, 4.69) is 58.0 Å². The van der Waals surface area contributed by atoms with Crippen LogP contribution in [0.2, 0.25) is 12.6 Å². The predicted molar refractivity (Wildman–Crippen MR) is 146 cm³/mol. The Morgan fingerprint density at radius 1 is 0.727 bits per heavy atom. The fraction of sp³-hybridized carbons (Fsp3) is 0.733. The summed E-state index contributed by atoms with van der Waals surface area (Å²) < 4.78 is 12.6. The fourth-order valence-corrected chi connectivity index (χ4v) is 5.41. The third-order valence-corrected chi connectivity index (χ3v) is 7.28. The highest BCUT2D eigenvalue weighted by molar-refractivity contribution is 6.68. The molecule has 33 heavy (non-hydrogen) atoms. The monoisotopic (exact) mass is 454 g/mol. The molecule has 0 atom stereocenters. The first-order valence-corrected chi connectivity index (χ1v) is 14.2. The lowest BCUT2D eigenvalue weighted by atomic mass is 9.37. The van der Waals surface area contributed by atoms with Gasteiger partial charge in [0.2, 0.25) is 0 Å². The quantitative estimate of drug-likeness (QED) is 0.162. The third kappa shape index (κ3) is 9.61. The summed E-state index contributed by atoms with van der Waals surface area (Å²) in [5.74, 6) is -0.619. The molecule has 2 rings (SSSR count). The standard InChI is InChI=1S/C30H51BO2/c1-5-8-11-17-22-28(31(23-18-12-9-6-2)24-19-13-10-7-3)29(27-20-15-14-16-21-27)30(4)32-25-26-33-30/h14-16,20-21H,5-13,17-19,22-26H2,1-4H3/b29-28+. The Morgan fingerprint density at radius 2 is 1.24 bits per heavy atom. The second-order valence-corrected chi connectivity index (χ2v) is 10.1. The van der Waals surface area contributed by atoms with Crippen molar-refractivity contribution in [1.82, 2.24) is 0 Å². The lowest BCUT2D eigenvalue weighted by Gasteiger charge is -2.32. The molecule has 1 saturated heterocycles. The average molecular weight is 455 g/mol. The molecule has 1 aliphatic heterocycles. The number of hydrogen-bond donors (Lipinski definition) is 0. The zero-order valence-electron chi connectivity index (χ0n) is 22.3. The van der Waals surface area contributed by atoms with Crippen LogP contribution < -0.4 is 0 Å². The summed E-state index contributed by atoms with van der Waals surface area (Å²) >= 11 is 0. The van der Waals surface area contributed by atoms with Crippen LogP contribution in [-0.4, -0.2) is 25.7 Å². The maximum atomic E-state index is 6.32. The van der Waals surface area contributed by atoms with E-state index in [1.807, 2.05) is 0 Å². The topological polar surface area (TPSA) is 18.5 Å². The molecule has 0 N–H and O–H groups in total. The molecule has 1 aromatic rings. The van der Waals surface area contributed by atoms with Crippen LogP contribution in [0.5, 0.6) is 0 Å². The minimum absolute atomic E-state index is 0.619. The van der Waals surface area contributed by atoms with E-state index in [0.717, 1.165) is 0 Å². The van der Waals surface area contributed by atoms with Gasteiger partial charge in [0.25, 0.3) is 0 Å². The molecule has 1 aromatic carbocycles. The highest BCUT2D eigenvalue weighted by atomic mass is 16.7. The Balaban J connectivity index is 2.43. The minimum atomic E-state index is -0.619. The van der Waals surface area contributed by atoms with Crippen molar-refractivity contribution in [3.05, 3.63) is 41.4 Å². The summed E-state index contributed by atoms with van der Waals surface area (Å²) in [7, 11) is 0. The molecule has 186 valence electrons. The van der Waals surface area contributed by atoms with Gasteiger partial charge in [0, 0.05) is 5.57 Å². The van der Waals surface area contributed by atoms with E-state index < -0.39 is 5.79 Å². The molecule has 2 nitrogen and oxygen atoms in total. The molecule has 1 fully saturated rings. The highest BCUT2D eigenvalue weighted by Crippen LogP contribution is 2.41. The number of unbranched alkanes of at least 4 members (excludes halogenated alkanes) is 9. The molecule has 3 heteroatoms. The smallest absolute Gasteiger partial charge is 0.191 e.